The normalized spacial score (nSPS) is 17.4. The van der Waals surface area contributed by atoms with Crippen LogP contribution in [0.1, 0.15) is 47.6 Å². The third-order valence-electron chi connectivity index (χ3n) is 4.45. The van der Waals surface area contributed by atoms with Crippen LogP contribution in [0.4, 0.5) is 0 Å². The second-order valence-electron chi connectivity index (χ2n) is 6.40. The Bertz CT molecular complexity index is 726. The number of nitrogens with zero attached hydrogens (tertiary/aromatic N) is 2. The molecule has 1 amide bonds. The fraction of sp³-hybridized carbons (Fsp3) is 0.444. The minimum absolute atomic E-state index is 0.210. The number of rotatable bonds is 5. The van der Waals surface area contributed by atoms with Crippen LogP contribution >= 0.6 is 11.6 Å². The van der Waals surface area contributed by atoms with Gasteiger partial charge in [-0.05, 0) is 31.4 Å². The van der Waals surface area contributed by atoms with Crippen molar-refractivity contribution in [3.63, 3.8) is 0 Å². The first kappa shape index (κ1) is 17.9. The van der Waals surface area contributed by atoms with Gasteiger partial charge in [-0.15, -0.1) is 0 Å². The summed E-state index contributed by atoms with van der Waals surface area (Å²) in [5.74, 6) is 0.350. The monoisotopic (exact) mass is 363 g/mol. The number of benzene rings is 1. The van der Waals surface area contributed by atoms with E-state index in [1.54, 1.807) is 12.1 Å². The highest BCUT2D eigenvalue weighted by Crippen LogP contribution is 2.22. The number of likely N-dealkylation sites (tertiary alicyclic amines) is 1. The quantitative estimate of drug-likeness (QED) is 0.854. The lowest BCUT2D eigenvalue weighted by molar-refractivity contribution is 0.0748. The molecule has 0 aliphatic carbocycles. The summed E-state index contributed by atoms with van der Waals surface area (Å²) in [6.45, 7) is 4.09. The highest BCUT2D eigenvalue weighted by atomic mass is 35.5. The molecule has 2 N–H and O–H groups in total. The van der Waals surface area contributed by atoms with Crippen LogP contribution in [0.25, 0.3) is 0 Å². The van der Waals surface area contributed by atoms with Gasteiger partial charge in [-0.2, -0.15) is 0 Å². The molecule has 1 saturated heterocycles. The number of amides is 1. The Morgan fingerprint density at radius 1 is 1.44 bits per heavy atom. The van der Waals surface area contributed by atoms with Crippen molar-refractivity contribution in [2.24, 2.45) is 0 Å². The maximum absolute atomic E-state index is 12.4. The SMILES string of the molecule is CC(NC(=O)c1cc(CN2CCC(O)CC2)on1)c1ccccc1Cl. The van der Waals surface area contributed by atoms with E-state index in [9.17, 15) is 9.90 Å². The molecular weight excluding hydrogens is 342 g/mol. The maximum atomic E-state index is 12.4. The van der Waals surface area contributed by atoms with Gasteiger partial charge in [0, 0.05) is 24.2 Å². The standard InChI is InChI=1S/C18H22ClN3O3/c1-12(15-4-2-3-5-16(15)19)20-18(24)17-10-14(25-21-17)11-22-8-6-13(23)7-9-22/h2-5,10,12-13,23H,6-9,11H2,1H3,(H,20,24). The highest BCUT2D eigenvalue weighted by molar-refractivity contribution is 6.31. The summed E-state index contributed by atoms with van der Waals surface area (Å²) in [5.41, 5.74) is 1.11. The molecule has 6 nitrogen and oxygen atoms in total. The first-order valence-electron chi connectivity index (χ1n) is 8.44. The van der Waals surface area contributed by atoms with E-state index in [2.05, 4.69) is 15.4 Å². The predicted octanol–water partition coefficient (Wildman–Crippen LogP) is 2.78. The maximum Gasteiger partial charge on any atom is 0.273 e. The molecule has 1 aliphatic rings. The average molecular weight is 364 g/mol. The molecule has 2 aromatic rings. The van der Waals surface area contributed by atoms with Crippen molar-refractivity contribution >= 4 is 17.5 Å². The van der Waals surface area contributed by atoms with Crippen molar-refractivity contribution in [1.29, 1.82) is 0 Å². The third-order valence-corrected chi connectivity index (χ3v) is 4.79. The molecule has 1 aromatic carbocycles. The highest BCUT2D eigenvalue weighted by Gasteiger charge is 2.21. The number of aliphatic hydroxyl groups is 1. The van der Waals surface area contributed by atoms with Crippen LogP contribution in [0.3, 0.4) is 0 Å². The van der Waals surface area contributed by atoms with Crippen molar-refractivity contribution in [2.75, 3.05) is 13.1 Å². The van der Waals surface area contributed by atoms with Gasteiger partial charge in [0.1, 0.15) is 0 Å². The fourth-order valence-corrected chi connectivity index (χ4v) is 3.27. The Balaban J connectivity index is 1.58. The van der Waals surface area contributed by atoms with Crippen molar-refractivity contribution < 1.29 is 14.4 Å². The zero-order chi connectivity index (χ0) is 17.8. The van der Waals surface area contributed by atoms with E-state index >= 15 is 0 Å². The number of piperidine rings is 1. The van der Waals surface area contributed by atoms with E-state index in [4.69, 9.17) is 16.1 Å². The van der Waals surface area contributed by atoms with Crippen molar-refractivity contribution in [3.8, 4) is 0 Å². The number of aromatic nitrogens is 1. The topological polar surface area (TPSA) is 78.6 Å². The molecule has 1 unspecified atom stereocenters. The van der Waals surface area contributed by atoms with Crippen LogP contribution in [0.15, 0.2) is 34.9 Å². The molecule has 7 heteroatoms. The van der Waals surface area contributed by atoms with Crippen LogP contribution in [-0.4, -0.2) is 40.3 Å². The predicted molar refractivity (Wildman–Crippen MR) is 94.4 cm³/mol. The Labute approximate surface area is 151 Å². The van der Waals surface area contributed by atoms with Crippen LogP contribution < -0.4 is 5.32 Å². The van der Waals surface area contributed by atoms with Crippen molar-refractivity contribution in [1.82, 2.24) is 15.4 Å². The number of carbonyl (C=O) groups is 1. The Morgan fingerprint density at radius 2 is 2.16 bits per heavy atom. The second kappa shape index (κ2) is 7.99. The number of nitrogens with one attached hydrogen (secondary N) is 1. The van der Waals surface area contributed by atoms with E-state index in [-0.39, 0.29) is 23.7 Å². The van der Waals surface area contributed by atoms with Gasteiger partial charge >= 0.3 is 0 Å². The number of carbonyl (C=O) groups excluding carboxylic acids is 1. The van der Waals surface area contributed by atoms with Gasteiger partial charge in [-0.1, -0.05) is 35.0 Å². The largest absolute Gasteiger partial charge is 0.393 e. The van der Waals surface area contributed by atoms with E-state index < -0.39 is 0 Å². The van der Waals surface area contributed by atoms with Gasteiger partial charge in [0.05, 0.1) is 18.7 Å². The van der Waals surface area contributed by atoms with Gasteiger partial charge in [-0.3, -0.25) is 9.69 Å². The Kier molecular flexibility index (Phi) is 5.73. The summed E-state index contributed by atoms with van der Waals surface area (Å²) in [7, 11) is 0. The average Bonchev–Trinajstić information content (AvgIpc) is 3.06. The minimum atomic E-state index is -0.295. The Morgan fingerprint density at radius 3 is 2.88 bits per heavy atom. The third kappa shape index (κ3) is 4.60. The zero-order valence-corrected chi connectivity index (χ0v) is 14.9. The molecule has 1 atom stereocenters. The lowest BCUT2D eigenvalue weighted by atomic mass is 10.1. The second-order valence-corrected chi connectivity index (χ2v) is 6.81. The smallest absolute Gasteiger partial charge is 0.273 e. The van der Waals surface area contributed by atoms with Crippen LogP contribution in [0, 0.1) is 0 Å². The molecule has 0 bridgehead atoms. The summed E-state index contributed by atoms with van der Waals surface area (Å²) < 4.78 is 5.29. The molecule has 1 aliphatic heterocycles. The van der Waals surface area contributed by atoms with Crippen LogP contribution in [0.2, 0.25) is 5.02 Å². The molecule has 1 fully saturated rings. The molecule has 25 heavy (non-hydrogen) atoms. The van der Waals surface area contributed by atoms with Crippen LogP contribution in [-0.2, 0) is 6.54 Å². The molecule has 0 saturated carbocycles. The molecule has 3 rings (SSSR count). The lowest BCUT2D eigenvalue weighted by Gasteiger charge is -2.28. The van der Waals surface area contributed by atoms with Gasteiger partial charge in [0.25, 0.3) is 5.91 Å². The molecule has 0 spiro atoms. The zero-order valence-electron chi connectivity index (χ0n) is 14.1. The summed E-state index contributed by atoms with van der Waals surface area (Å²) in [6, 6.07) is 8.84. The summed E-state index contributed by atoms with van der Waals surface area (Å²) in [4.78, 5) is 14.5. The molecule has 2 heterocycles. The number of hydrogen-bond acceptors (Lipinski definition) is 5. The van der Waals surface area contributed by atoms with E-state index in [0.29, 0.717) is 17.3 Å². The van der Waals surface area contributed by atoms with Crippen LogP contribution in [0.5, 0.6) is 0 Å². The lowest BCUT2D eigenvalue weighted by Crippen LogP contribution is -2.35. The summed E-state index contributed by atoms with van der Waals surface area (Å²) in [6.07, 6.45) is 1.31. The van der Waals surface area contributed by atoms with Crippen molar-refractivity contribution in [3.05, 3.63) is 52.4 Å². The van der Waals surface area contributed by atoms with E-state index in [1.165, 1.54) is 0 Å². The molecular formula is C18H22ClN3O3. The fourth-order valence-electron chi connectivity index (χ4n) is 2.97. The van der Waals surface area contributed by atoms with Crippen molar-refractivity contribution in [2.45, 2.75) is 38.5 Å². The van der Waals surface area contributed by atoms with Gasteiger partial charge in [0.15, 0.2) is 11.5 Å². The summed E-state index contributed by atoms with van der Waals surface area (Å²) in [5, 5.41) is 16.9. The van der Waals surface area contributed by atoms with Gasteiger partial charge in [0.2, 0.25) is 0 Å². The number of aliphatic hydroxyl groups excluding tert-OH is 1. The van der Waals surface area contributed by atoms with Gasteiger partial charge < -0.3 is 14.9 Å². The molecule has 1 aromatic heterocycles. The molecule has 134 valence electrons. The van der Waals surface area contributed by atoms with Gasteiger partial charge in [-0.25, -0.2) is 0 Å². The first-order valence-corrected chi connectivity index (χ1v) is 8.82. The first-order chi connectivity index (χ1) is 12.0. The Hall–Kier alpha value is -1.89. The number of halogens is 1. The number of hydrogen-bond donors (Lipinski definition) is 2. The van der Waals surface area contributed by atoms with E-state index in [0.717, 1.165) is 31.5 Å². The molecule has 0 radical (unpaired) electrons. The van der Waals surface area contributed by atoms with E-state index in [1.807, 2.05) is 25.1 Å². The summed E-state index contributed by atoms with van der Waals surface area (Å²) >= 11 is 6.16. The minimum Gasteiger partial charge on any atom is -0.393 e.